The topological polar surface area (TPSA) is 96.0 Å². The highest BCUT2D eigenvalue weighted by Crippen LogP contribution is 2.38. The largest absolute Gasteiger partial charge is 0.358 e. The van der Waals surface area contributed by atoms with E-state index in [1.54, 1.807) is 48.5 Å². The van der Waals surface area contributed by atoms with Crippen LogP contribution in [0.15, 0.2) is 53.4 Å². The highest BCUT2D eigenvalue weighted by atomic mass is 35.5. The predicted octanol–water partition coefficient (Wildman–Crippen LogP) is 2.63. The number of hydrogen-bond acceptors (Lipinski definition) is 5. The number of piperidine rings is 1. The molecular weight excluding hydrogens is 454 g/mol. The Morgan fingerprint density at radius 2 is 1.75 bits per heavy atom. The van der Waals surface area contributed by atoms with Crippen molar-refractivity contribution in [1.82, 2.24) is 9.21 Å². The number of aryl methyl sites for hydroxylation is 1. The van der Waals surface area contributed by atoms with Crippen LogP contribution in [-0.2, 0) is 24.3 Å². The van der Waals surface area contributed by atoms with Crippen molar-refractivity contribution in [3.63, 3.8) is 0 Å². The lowest BCUT2D eigenvalue weighted by molar-refractivity contribution is -0.148. The number of nitrogens with one attached hydrogen (secondary N) is 1. The molecule has 2 aromatic carbocycles. The van der Waals surface area contributed by atoms with Gasteiger partial charge < -0.3 is 15.0 Å². The molecule has 2 amide bonds. The zero-order valence-electron chi connectivity index (χ0n) is 17.6. The number of nitrogens with zero attached hydrogens (tertiary/aromatic N) is 2. The van der Waals surface area contributed by atoms with Crippen LogP contribution in [0.5, 0.6) is 0 Å². The first-order chi connectivity index (χ1) is 15.2. The second kappa shape index (κ2) is 8.82. The highest BCUT2D eigenvalue weighted by molar-refractivity contribution is 7.89. The second-order valence-corrected chi connectivity index (χ2v) is 10.2. The summed E-state index contributed by atoms with van der Waals surface area (Å²) in [6.45, 7) is 2.85. The summed E-state index contributed by atoms with van der Waals surface area (Å²) in [4.78, 5) is 26.7. The Hall–Kier alpha value is -2.46. The van der Waals surface area contributed by atoms with Crippen molar-refractivity contribution in [2.45, 2.75) is 30.4 Å². The van der Waals surface area contributed by atoms with E-state index in [-0.39, 0.29) is 44.0 Å². The van der Waals surface area contributed by atoms with Crippen LogP contribution in [0.2, 0.25) is 5.02 Å². The Bertz CT molecular complexity index is 1130. The molecule has 0 aromatic heterocycles. The van der Waals surface area contributed by atoms with Crippen LogP contribution >= 0.6 is 11.6 Å². The molecule has 0 unspecified atom stereocenters. The molecule has 32 heavy (non-hydrogen) atoms. The van der Waals surface area contributed by atoms with E-state index in [9.17, 15) is 18.0 Å². The lowest BCUT2D eigenvalue weighted by atomic mass is 10.0. The van der Waals surface area contributed by atoms with Crippen molar-refractivity contribution in [1.29, 1.82) is 0 Å². The van der Waals surface area contributed by atoms with E-state index in [2.05, 4.69) is 5.32 Å². The summed E-state index contributed by atoms with van der Waals surface area (Å²) >= 11 is 5.91. The number of amides is 2. The SMILES string of the molecule is Cc1ccc(S(=O)(=O)N2CCOC23CCN(C(=O)C(=O)Nc2cccc(Cl)c2)CC3)cc1. The first-order valence-corrected chi connectivity index (χ1v) is 12.1. The molecule has 170 valence electrons. The van der Waals surface area contributed by atoms with Crippen LogP contribution in [0.3, 0.4) is 0 Å². The minimum atomic E-state index is -3.75. The minimum Gasteiger partial charge on any atom is -0.358 e. The Balaban J connectivity index is 1.44. The van der Waals surface area contributed by atoms with Gasteiger partial charge in [-0.05, 0) is 37.3 Å². The normalized spacial score (nSPS) is 18.6. The van der Waals surface area contributed by atoms with Gasteiger partial charge in [0, 0.05) is 43.2 Å². The number of rotatable bonds is 3. The van der Waals surface area contributed by atoms with Gasteiger partial charge in [0.1, 0.15) is 5.72 Å². The van der Waals surface area contributed by atoms with E-state index in [1.165, 1.54) is 9.21 Å². The average molecular weight is 478 g/mol. The molecule has 1 N–H and O–H groups in total. The molecule has 8 nitrogen and oxygen atoms in total. The fourth-order valence-corrected chi connectivity index (χ4v) is 6.03. The molecule has 0 saturated carbocycles. The molecule has 10 heteroatoms. The number of ether oxygens (including phenoxy) is 1. The van der Waals surface area contributed by atoms with Gasteiger partial charge >= 0.3 is 11.8 Å². The molecule has 2 saturated heterocycles. The Kier molecular flexibility index (Phi) is 6.26. The molecule has 0 radical (unpaired) electrons. The van der Waals surface area contributed by atoms with Crippen LogP contribution in [0.1, 0.15) is 18.4 Å². The maximum atomic E-state index is 13.3. The van der Waals surface area contributed by atoms with Gasteiger partial charge in [0.05, 0.1) is 11.5 Å². The summed E-state index contributed by atoms with van der Waals surface area (Å²) < 4.78 is 33.8. The third-order valence-corrected chi connectivity index (χ3v) is 8.04. The van der Waals surface area contributed by atoms with Gasteiger partial charge in [-0.15, -0.1) is 0 Å². The van der Waals surface area contributed by atoms with Crippen molar-refractivity contribution in [2.24, 2.45) is 0 Å². The van der Waals surface area contributed by atoms with Crippen molar-refractivity contribution in [2.75, 3.05) is 31.6 Å². The van der Waals surface area contributed by atoms with E-state index >= 15 is 0 Å². The third kappa shape index (κ3) is 4.38. The predicted molar refractivity (Wildman–Crippen MR) is 120 cm³/mol. The lowest BCUT2D eigenvalue weighted by Crippen LogP contribution is -2.56. The molecule has 2 fully saturated rings. The summed E-state index contributed by atoms with van der Waals surface area (Å²) in [5.41, 5.74) is 0.391. The molecule has 2 aliphatic heterocycles. The van der Waals surface area contributed by atoms with Gasteiger partial charge in [-0.3, -0.25) is 9.59 Å². The zero-order chi connectivity index (χ0) is 22.9. The number of carbonyl (C=O) groups is 2. The van der Waals surface area contributed by atoms with Crippen molar-refractivity contribution >= 4 is 39.1 Å². The van der Waals surface area contributed by atoms with E-state index in [4.69, 9.17) is 16.3 Å². The first kappa shape index (κ1) is 22.7. The van der Waals surface area contributed by atoms with Crippen molar-refractivity contribution in [3.05, 3.63) is 59.1 Å². The molecule has 4 rings (SSSR count). The molecule has 1 spiro atoms. The fourth-order valence-electron chi connectivity index (χ4n) is 4.12. The van der Waals surface area contributed by atoms with Gasteiger partial charge in [-0.2, -0.15) is 4.31 Å². The zero-order valence-corrected chi connectivity index (χ0v) is 19.2. The van der Waals surface area contributed by atoms with Crippen molar-refractivity contribution < 1.29 is 22.7 Å². The lowest BCUT2D eigenvalue weighted by Gasteiger charge is -2.42. The number of hydrogen-bond donors (Lipinski definition) is 1. The summed E-state index contributed by atoms with van der Waals surface area (Å²) in [7, 11) is -3.75. The van der Waals surface area contributed by atoms with E-state index < -0.39 is 27.6 Å². The standard InChI is InChI=1S/C22H24ClN3O5S/c1-16-5-7-19(8-6-16)32(29,30)26-13-14-31-22(26)9-11-25(12-10-22)21(28)20(27)24-18-4-2-3-17(23)15-18/h2-8,15H,9-14H2,1H3,(H,24,27). The molecular formula is C22H24ClN3O5S. The molecule has 0 atom stereocenters. The number of likely N-dealkylation sites (tertiary alicyclic amines) is 1. The van der Waals surface area contributed by atoms with E-state index in [0.29, 0.717) is 10.7 Å². The number of anilines is 1. The van der Waals surface area contributed by atoms with Gasteiger partial charge in [0.2, 0.25) is 10.0 Å². The smallest absolute Gasteiger partial charge is 0.313 e. The highest BCUT2D eigenvalue weighted by Gasteiger charge is 2.51. The van der Waals surface area contributed by atoms with Crippen LogP contribution in [0.4, 0.5) is 5.69 Å². The van der Waals surface area contributed by atoms with Crippen LogP contribution in [0, 0.1) is 6.92 Å². The number of halogens is 1. The van der Waals surface area contributed by atoms with Gasteiger partial charge in [-0.25, -0.2) is 8.42 Å². The first-order valence-electron chi connectivity index (χ1n) is 10.3. The third-order valence-electron chi connectivity index (χ3n) is 5.84. The summed E-state index contributed by atoms with van der Waals surface area (Å²) in [6, 6.07) is 13.2. The van der Waals surface area contributed by atoms with Gasteiger partial charge in [0.15, 0.2) is 0 Å². The monoisotopic (exact) mass is 477 g/mol. The summed E-state index contributed by atoms with van der Waals surface area (Å²) in [5, 5.41) is 3.00. The van der Waals surface area contributed by atoms with Gasteiger partial charge in [-0.1, -0.05) is 35.4 Å². The minimum absolute atomic E-state index is 0.210. The maximum Gasteiger partial charge on any atom is 0.313 e. The van der Waals surface area contributed by atoms with Crippen molar-refractivity contribution in [3.8, 4) is 0 Å². The van der Waals surface area contributed by atoms with E-state index in [1.807, 2.05) is 6.92 Å². The fraction of sp³-hybridized carbons (Fsp3) is 0.364. The summed E-state index contributed by atoms with van der Waals surface area (Å²) in [5.74, 6) is -1.44. The quantitative estimate of drug-likeness (QED) is 0.685. The molecule has 0 bridgehead atoms. The molecule has 2 heterocycles. The molecule has 2 aliphatic rings. The number of sulfonamides is 1. The Labute approximate surface area is 192 Å². The average Bonchev–Trinajstić information content (AvgIpc) is 3.18. The number of benzene rings is 2. The number of carbonyl (C=O) groups excluding carboxylic acids is 2. The van der Waals surface area contributed by atoms with Crippen LogP contribution < -0.4 is 5.32 Å². The second-order valence-electron chi connectivity index (χ2n) is 7.94. The van der Waals surface area contributed by atoms with Gasteiger partial charge in [0.25, 0.3) is 0 Å². The molecule has 2 aromatic rings. The molecule has 0 aliphatic carbocycles. The van der Waals surface area contributed by atoms with Crippen LogP contribution in [0.25, 0.3) is 0 Å². The summed E-state index contributed by atoms with van der Waals surface area (Å²) in [6.07, 6.45) is 0.572. The Morgan fingerprint density at radius 3 is 2.41 bits per heavy atom. The maximum absolute atomic E-state index is 13.3. The Morgan fingerprint density at radius 1 is 1.06 bits per heavy atom. The van der Waals surface area contributed by atoms with Crippen LogP contribution in [-0.4, -0.2) is 61.4 Å². The van der Waals surface area contributed by atoms with E-state index in [0.717, 1.165) is 5.56 Å².